The van der Waals surface area contributed by atoms with E-state index in [-0.39, 0.29) is 53.3 Å². The first-order chi connectivity index (χ1) is 10.9. The molecule has 24 heavy (non-hydrogen) atoms. The number of aromatic nitrogens is 4. The van der Waals surface area contributed by atoms with Gasteiger partial charge in [0.25, 0.3) is 5.56 Å². The molecule has 5 N–H and O–H groups in total. The number of imidazole rings is 1. The van der Waals surface area contributed by atoms with E-state index in [2.05, 4.69) is 19.5 Å². The molecule has 1 unspecified atom stereocenters. The van der Waals surface area contributed by atoms with Crippen molar-refractivity contribution in [1.29, 1.82) is 0 Å². The van der Waals surface area contributed by atoms with E-state index in [1.165, 1.54) is 10.9 Å². The van der Waals surface area contributed by atoms with E-state index in [4.69, 9.17) is 15.0 Å². The summed E-state index contributed by atoms with van der Waals surface area (Å²) in [5, 5.41) is 10.4. The van der Waals surface area contributed by atoms with Gasteiger partial charge in [-0.1, -0.05) is 0 Å². The van der Waals surface area contributed by atoms with Crippen LogP contribution in [-0.4, -0.2) is 84.0 Å². The zero-order chi connectivity index (χ0) is 16.4. The van der Waals surface area contributed by atoms with Gasteiger partial charge in [0.1, 0.15) is 18.3 Å². The van der Waals surface area contributed by atoms with E-state index in [9.17, 15) is 19.4 Å². The molecule has 12 nitrogen and oxygen atoms in total. The molecule has 2 aliphatic rings. The molecule has 126 valence electrons. The number of H-pyrrole nitrogens is 1. The molecule has 4 heterocycles. The van der Waals surface area contributed by atoms with Crippen LogP contribution in [0.1, 0.15) is 6.23 Å². The summed E-state index contributed by atoms with van der Waals surface area (Å²) < 4.78 is 27.9. The van der Waals surface area contributed by atoms with Gasteiger partial charge in [-0.3, -0.25) is 23.4 Å². The third-order valence-electron chi connectivity index (χ3n) is 3.69. The van der Waals surface area contributed by atoms with Gasteiger partial charge in [0, 0.05) is 0 Å². The van der Waals surface area contributed by atoms with E-state index < -0.39 is 37.9 Å². The Hall–Kier alpha value is -0.820. The van der Waals surface area contributed by atoms with Crippen LogP contribution in [0, 0.1) is 0 Å². The molecular weight excluding hydrogens is 356 g/mol. The van der Waals surface area contributed by atoms with E-state index in [1.807, 2.05) is 0 Å². The number of phosphoric ester groups is 1. The number of hydrogen-bond acceptors (Lipinski definition) is 9. The van der Waals surface area contributed by atoms with E-state index in [0.29, 0.717) is 0 Å². The van der Waals surface area contributed by atoms with Crippen molar-refractivity contribution in [3.8, 4) is 0 Å². The zero-order valence-electron chi connectivity index (χ0n) is 11.4. The molecule has 0 amide bonds. The average molecular weight is 369 g/mol. The van der Waals surface area contributed by atoms with E-state index >= 15 is 0 Å². The minimum atomic E-state index is -4.22. The van der Waals surface area contributed by atoms with Gasteiger partial charge in [0.15, 0.2) is 17.4 Å². The predicted octanol–water partition coefficient (Wildman–Crippen LogP) is -2.17. The Bertz CT molecular complexity index is 886. The Labute approximate surface area is 155 Å². The van der Waals surface area contributed by atoms with Crippen LogP contribution in [0.15, 0.2) is 11.1 Å². The first-order valence-electron chi connectivity index (χ1n) is 6.57. The maximum atomic E-state index is 11.8. The normalized spacial score (nSPS) is 35.6. The van der Waals surface area contributed by atoms with Gasteiger partial charge in [-0.2, -0.15) is 4.98 Å². The van der Waals surface area contributed by atoms with Crippen LogP contribution in [-0.2, 0) is 18.3 Å². The number of aromatic amines is 1. The zero-order valence-corrected chi connectivity index (χ0v) is 12.3. The monoisotopic (exact) mass is 369 g/mol. The molecule has 5 atom stereocenters. The average Bonchev–Trinajstić information content (AvgIpc) is 3.00. The number of nitrogen functional groups attached to an aromatic ring is 1. The molecular formula is C10H13N5NaO7P. The third kappa shape index (κ3) is 2.83. The van der Waals surface area contributed by atoms with Gasteiger partial charge in [-0.15, -0.1) is 0 Å². The Morgan fingerprint density at radius 2 is 2.25 bits per heavy atom. The predicted molar refractivity (Wildman–Crippen MR) is 80.3 cm³/mol. The third-order valence-corrected chi connectivity index (χ3v) is 4.68. The first-order valence-corrected chi connectivity index (χ1v) is 8.07. The number of nitrogens with one attached hydrogen (secondary N) is 1. The summed E-state index contributed by atoms with van der Waals surface area (Å²) in [5.41, 5.74) is 5.12. The summed E-state index contributed by atoms with van der Waals surface area (Å²) in [6.45, 7) is -0.214. The molecule has 2 aliphatic heterocycles. The Morgan fingerprint density at radius 1 is 1.50 bits per heavy atom. The van der Waals surface area contributed by atoms with Crippen molar-refractivity contribution in [3.05, 3.63) is 16.7 Å². The van der Waals surface area contributed by atoms with Crippen LogP contribution in [0.3, 0.4) is 0 Å². The van der Waals surface area contributed by atoms with Crippen molar-refractivity contribution < 1.29 is 28.3 Å². The van der Waals surface area contributed by atoms with Crippen molar-refractivity contribution >= 4 is 54.5 Å². The number of aliphatic hydroxyl groups is 1. The number of nitrogens with two attached hydrogens (primary N) is 1. The summed E-state index contributed by atoms with van der Waals surface area (Å²) in [7, 11) is -4.22. The molecule has 2 saturated heterocycles. The topological polar surface area (TPSA) is 175 Å². The van der Waals surface area contributed by atoms with Crippen LogP contribution in [0.5, 0.6) is 0 Å². The number of ether oxygens (including phenoxy) is 1. The van der Waals surface area contributed by atoms with Gasteiger partial charge < -0.3 is 20.5 Å². The molecule has 2 aromatic heterocycles. The van der Waals surface area contributed by atoms with Crippen LogP contribution in [0.2, 0.25) is 0 Å². The van der Waals surface area contributed by atoms with Crippen molar-refractivity contribution in [2.75, 3.05) is 12.3 Å². The number of fused-ring (bicyclic) bond motifs is 2. The fourth-order valence-electron chi connectivity index (χ4n) is 2.69. The molecule has 14 heteroatoms. The number of rotatable bonds is 1. The summed E-state index contributed by atoms with van der Waals surface area (Å²) in [6.07, 6.45) is -2.85. The molecule has 0 saturated carbocycles. The summed E-state index contributed by atoms with van der Waals surface area (Å²) in [6, 6.07) is 0. The van der Waals surface area contributed by atoms with Crippen molar-refractivity contribution in [1.82, 2.24) is 19.5 Å². The number of nitrogens with zero attached hydrogens (tertiary/aromatic N) is 3. The second-order valence-electron chi connectivity index (χ2n) is 5.17. The Balaban J connectivity index is 0.00000169. The first kappa shape index (κ1) is 18.0. The molecule has 0 radical (unpaired) electrons. The SMILES string of the molecule is Nc1nc2c(ncn2[C@@H]2O[C@@H]3COP(=O)(O)O[C@H]3[C@H]2O)c(=O)[nH]1.[NaH]. The van der Waals surface area contributed by atoms with Gasteiger partial charge in [0.05, 0.1) is 12.9 Å². The second kappa shape index (κ2) is 6.16. The molecule has 2 aromatic rings. The van der Waals surface area contributed by atoms with Crippen molar-refractivity contribution in [2.24, 2.45) is 0 Å². The number of hydrogen-bond donors (Lipinski definition) is 4. The van der Waals surface area contributed by atoms with Crippen LogP contribution in [0.25, 0.3) is 11.2 Å². The summed E-state index contributed by atoms with van der Waals surface area (Å²) in [4.78, 5) is 31.3. The van der Waals surface area contributed by atoms with Gasteiger partial charge >= 0.3 is 37.4 Å². The fourth-order valence-corrected chi connectivity index (χ4v) is 3.66. The molecule has 0 bridgehead atoms. The standard InChI is InChI=1S/C10H12N5O7P.Na.H/c11-10-13-7-4(8(17)14-10)12-2-15(7)9-5(16)6-3(21-9)1-20-23(18,19)22-6;;/h2-3,5-6,9,16H,1H2,(H,18,19)(H3,11,13,14,17);;/t3-,5-,6-,9-;;/m1../s1. The fraction of sp³-hybridized carbons (Fsp3) is 0.500. The second-order valence-corrected chi connectivity index (χ2v) is 6.57. The maximum absolute atomic E-state index is 11.8. The van der Waals surface area contributed by atoms with Gasteiger partial charge in [-0.05, 0) is 0 Å². The number of aliphatic hydroxyl groups excluding tert-OH is 1. The summed E-state index contributed by atoms with van der Waals surface area (Å²) >= 11 is 0. The van der Waals surface area contributed by atoms with Crippen molar-refractivity contribution in [3.63, 3.8) is 0 Å². The molecule has 0 aromatic carbocycles. The Morgan fingerprint density at radius 3 is 3.00 bits per heavy atom. The van der Waals surface area contributed by atoms with Gasteiger partial charge in [-0.25, -0.2) is 9.55 Å². The van der Waals surface area contributed by atoms with E-state index in [1.54, 1.807) is 0 Å². The molecule has 0 aliphatic carbocycles. The van der Waals surface area contributed by atoms with Crippen LogP contribution < -0.4 is 11.3 Å². The van der Waals surface area contributed by atoms with Crippen LogP contribution >= 0.6 is 7.82 Å². The van der Waals surface area contributed by atoms with Crippen LogP contribution in [0.4, 0.5) is 5.95 Å². The number of phosphoric acid groups is 1. The molecule has 0 spiro atoms. The molecule has 2 fully saturated rings. The number of anilines is 1. The van der Waals surface area contributed by atoms with Crippen molar-refractivity contribution in [2.45, 2.75) is 24.5 Å². The molecule has 4 rings (SSSR count). The van der Waals surface area contributed by atoms with E-state index in [0.717, 1.165) is 0 Å². The van der Waals surface area contributed by atoms with Gasteiger partial charge in [0.2, 0.25) is 5.95 Å². The minimum absolute atomic E-state index is 0. The Kier molecular flexibility index (Phi) is 4.62. The summed E-state index contributed by atoms with van der Waals surface area (Å²) in [5.74, 6) is -0.117. The quantitative estimate of drug-likeness (QED) is 0.320.